The number of rotatable bonds is 1. The van der Waals surface area contributed by atoms with Crippen LogP contribution in [0.2, 0.25) is 0 Å². The molecule has 0 spiro atoms. The van der Waals surface area contributed by atoms with Crippen LogP contribution < -0.4 is 4.90 Å². The van der Waals surface area contributed by atoms with E-state index in [1.165, 1.54) is 11.1 Å². The number of carbonyl (C=O) groups is 1. The predicted molar refractivity (Wildman–Crippen MR) is 62.4 cm³/mol. The molecule has 1 aromatic heterocycles. The maximum atomic E-state index is 12.1. The number of fused-ring (bicyclic) bond motifs is 1. The number of aliphatic hydroxyl groups excluding tert-OH is 1. The quantitative estimate of drug-likeness (QED) is 0.805. The molecule has 2 heterocycles. The van der Waals surface area contributed by atoms with E-state index in [4.69, 9.17) is 0 Å². The van der Waals surface area contributed by atoms with Crippen molar-refractivity contribution in [1.29, 1.82) is 0 Å². The zero-order chi connectivity index (χ0) is 11.8. The molecular weight excluding hydrogens is 216 g/mol. The Morgan fingerprint density at radius 3 is 2.65 bits per heavy atom. The van der Waals surface area contributed by atoms with Crippen molar-refractivity contribution < 1.29 is 9.90 Å². The molecule has 0 aliphatic carbocycles. The molecular formula is C13H10N2O2. The number of aliphatic hydroxyl groups is 1. The summed E-state index contributed by atoms with van der Waals surface area (Å²) in [6.07, 6.45) is 2.13. The molecule has 3 rings (SSSR count). The molecule has 4 heteroatoms. The molecule has 0 saturated carbocycles. The van der Waals surface area contributed by atoms with Gasteiger partial charge in [0.15, 0.2) is 6.23 Å². The van der Waals surface area contributed by atoms with Crippen LogP contribution in [0.3, 0.4) is 0 Å². The van der Waals surface area contributed by atoms with Crippen molar-refractivity contribution in [2.24, 2.45) is 0 Å². The molecule has 2 aromatic rings. The first-order valence-electron chi connectivity index (χ1n) is 5.29. The minimum atomic E-state index is -0.950. The third-order valence-electron chi connectivity index (χ3n) is 2.86. The lowest BCUT2D eigenvalue weighted by molar-refractivity contribution is 0.0935. The van der Waals surface area contributed by atoms with Gasteiger partial charge in [-0.15, -0.1) is 0 Å². The SMILES string of the molecule is O=C1c2ccncc2C(O)N1c1ccccc1. The average Bonchev–Trinajstić information content (AvgIpc) is 2.64. The second-order valence-electron chi connectivity index (χ2n) is 3.85. The summed E-state index contributed by atoms with van der Waals surface area (Å²) in [6.45, 7) is 0. The van der Waals surface area contributed by atoms with Gasteiger partial charge in [0, 0.05) is 23.6 Å². The topological polar surface area (TPSA) is 53.4 Å². The second-order valence-corrected chi connectivity index (χ2v) is 3.85. The van der Waals surface area contributed by atoms with Gasteiger partial charge in [0.1, 0.15) is 0 Å². The first kappa shape index (κ1) is 9.99. The highest BCUT2D eigenvalue weighted by Crippen LogP contribution is 2.34. The van der Waals surface area contributed by atoms with E-state index in [1.807, 2.05) is 18.2 Å². The van der Waals surface area contributed by atoms with E-state index in [2.05, 4.69) is 4.98 Å². The van der Waals surface area contributed by atoms with Crippen LogP contribution in [-0.4, -0.2) is 16.0 Å². The number of amides is 1. The molecule has 1 aliphatic rings. The van der Waals surface area contributed by atoms with E-state index in [0.717, 1.165) is 0 Å². The van der Waals surface area contributed by atoms with Crippen LogP contribution in [0.1, 0.15) is 22.1 Å². The van der Waals surface area contributed by atoms with Crippen molar-refractivity contribution >= 4 is 11.6 Å². The van der Waals surface area contributed by atoms with E-state index in [-0.39, 0.29) is 5.91 Å². The van der Waals surface area contributed by atoms with Crippen molar-refractivity contribution in [3.63, 3.8) is 0 Å². The maximum Gasteiger partial charge on any atom is 0.261 e. The lowest BCUT2D eigenvalue weighted by atomic mass is 10.2. The molecule has 1 aromatic carbocycles. The summed E-state index contributed by atoms with van der Waals surface area (Å²) >= 11 is 0. The number of nitrogens with zero attached hydrogens (tertiary/aromatic N) is 2. The summed E-state index contributed by atoms with van der Waals surface area (Å²) in [5.41, 5.74) is 1.75. The Bertz CT molecular complexity index is 569. The van der Waals surface area contributed by atoms with Crippen molar-refractivity contribution in [3.05, 3.63) is 59.9 Å². The van der Waals surface area contributed by atoms with E-state index in [1.54, 1.807) is 24.4 Å². The minimum Gasteiger partial charge on any atom is -0.369 e. The standard InChI is InChI=1S/C13H10N2O2/c16-12-10-6-7-14-8-11(10)13(17)15(12)9-4-2-1-3-5-9/h1-8,13,17H. The van der Waals surface area contributed by atoms with Gasteiger partial charge < -0.3 is 5.11 Å². The van der Waals surface area contributed by atoms with Crippen molar-refractivity contribution in [1.82, 2.24) is 4.98 Å². The molecule has 1 amide bonds. The summed E-state index contributed by atoms with van der Waals surface area (Å²) in [7, 11) is 0. The molecule has 0 bridgehead atoms. The Morgan fingerprint density at radius 2 is 1.94 bits per heavy atom. The summed E-state index contributed by atoms with van der Waals surface area (Å²) in [4.78, 5) is 17.4. The fourth-order valence-electron chi connectivity index (χ4n) is 2.03. The van der Waals surface area contributed by atoms with Gasteiger partial charge in [0.2, 0.25) is 0 Å². The lowest BCUT2D eigenvalue weighted by Crippen LogP contribution is -2.27. The largest absolute Gasteiger partial charge is 0.369 e. The van der Waals surface area contributed by atoms with E-state index >= 15 is 0 Å². The number of carbonyl (C=O) groups excluding carboxylic acids is 1. The molecule has 17 heavy (non-hydrogen) atoms. The molecule has 0 saturated heterocycles. The van der Waals surface area contributed by atoms with Crippen molar-refractivity contribution in [2.45, 2.75) is 6.23 Å². The number of hydrogen-bond donors (Lipinski definition) is 1. The monoisotopic (exact) mass is 226 g/mol. The Balaban J connectivity index is 2.10. The zero-order valence-electron chi connectivity index (χ0n) is 8.95. The number of para-hydroxylation sites is 1. The highest BCUT2D eigenvalue weighted by Gasteiger charge is 2.36. The van der Waals surface area contributed by atoms with Gasteiger partial charge in [-0.1, -0.05) is 18.2 Å². The van der Waals surface area contributed by atoms with Crippen LogP contribution in [0.25, 0.3) is 0 Å². The fraction of sp³-hybridized carbons (Fsp3) is 0.0769. The zero-order valence-corrected chi connectivity index (χ0v) is 8.95. The Kier molecular flexibility index (Phi) is 2.16. The number of benzene rings is 1. The normalized spacial score (nSPS) is 18.3. The Labute approximate surface area is 98.1 Å². The average molecular weight is 226 g/mol. The molecule has 0 fully saturated rings. The summed E-state index contributed by atoms with van der Waals surface area (Å²) in [5.74, 6) is -0.193. The van der Waals surface area contributed by atoms with Gasteiger partial charge in [0.05, 0.1) is 5.56 Å². The fourth-order valence-corrected chi connectivity index (χ4v) is 2.03. The third kappa shape index (κ3) is 1.42. The number of pyridine rings is 1. The van der Waals surface area contributed by atoms with Gasteiger partial charge in [0.25, 0.3) is 5.91 Å². The van der Waals surface area contributed by atoms with Gasteiger partial charge in [-0.2, -0.15) is 0 Å². The lowest BCUT2D eigenvalue weighted by Gasteiger charge is -2.20. The van der Waals surface area contributed by atoms with Gasteiger partial charge in [-0.3, -0.25) is 14.7 Å². The molecule has 4 nitrogen and oxygen atoms in total. The van der Waals surface area contributed by atoms with E-state index in [0.29, 0.717) is 16.8 Å². The number of anilines is 1. The van der Waals surface area contributed by atoms with Crippen LogP contribution >= 0.6 is 0 Å². The van der Waals surface area contributed by atoms with Crippen LogP contribution in [0.15, 0.2) is 48.8 Å². The van der Waals surface area contributed by atoms with Crippen LogP contribution in [-0.2, 0) is 0 Å². The Morgan fingerprint density at radius 1 is 1.18 bits per heavy atom. The highest BCUT2D eigenvalue weighted by atomic mass is 16.3. The smallest absolute Gasteiger partial charge is 0.261 e. The predicted octanol–water partition coefficient (Wildman–Crippen LogP) is 1.73. The Hall–Kier alpha value is -2.20. The van der Waals surface area contributed by atoms with Crippen molar-refractivity contribution in [2.75, 3.05) is 4.90 Å². The maximum absolute atomic E-state index is 12.1. The van der Waals surface area contributed by atoms with Crippen LogP contribution in [0, 0.1) is 0 Å². The highest BCUT2D eigenvalue weighted by molar-refractivity contribution is 6.10. The van der Waals surface area contributed by atoms with E-state index in [9.17, 15) is 9.90 Å². The summed E-state index contributed by atoms with van der Waals surface area (Å²) in [5, 5.41) is 10.1. The van der Waals surface area contributed by atoms with Crippen LogP contribution in [0.4, 0.5) is 5.69 Å². The summed E-state index contributed by atoms with van der Waals surface area (Å²) < 4.78 is 0. The second kappa shape index (κ2) is 3.68. The first-order chi connectivity index (χ1) is 8.29. The van der Waals surface area contributed by atoms with E-state index < -0.39 is 6.23 Å². The molecule has 0 radical (unpaired) electrons. The number of hydrogen-bond acceptors (Lipinski definition) is 3. The van der Waals surface area contributed by atoms with Gasteiger partial charge in [-0.05, 0) is 18.2 Å². The molecule has 1 N–H and O–H groups in total. The molecule has 1 unspecified atom stereocenters. The van der Waals surface area contributed by atoms with Gasteiger partial charge >= 0.3 is 0 Å². The molecule has 84 valence electrons. The first-order valence-corrected chi connectivity index (χ1v) is 5.29. The third-order valence-corrected chi connectivity index (χ3v) is 2.86. The van der Waals surface area contributed by atoms with Gasteiger partial charge in [-0.25, -0.2) is 0 Å². The van der Waals surface area contributed by atoms with Crippen LogP contribution in [0.5, 0.6) is 0 Å². The number of aromatic nitrogens is 1. The minimum absolute atomic E-state index is 0.193. The van der Waals surface area contributed by atoms with Crippen molar-refractivity contribution in [3.8, 4) is 0 Å². The summed E-state index contributed by atoms with van der Waals surface area (Å²) in [6, 6.07) is 10.7. The molecule has 1 aliphatic heterocycles. The molecule has 1 atom stereocenters.